The Bertz CT molecular complexity index is 1060. The molecule has 0 spiro atoms. The van der Waals surface area contributed by atoms with Crippen LogP contribution < -0.4 is 10.2 Å². The molecule has 4 rings (SSSR count). The second-order valence-electron chi connectivity index (χ2n) is 9.55. The van der Waals surface area contributed by atoms with E-state index in [1.54, 1.807) is 4.90 Å². The molecule has 1 aromatic heterocycles. The fourth-order valence-corrected chi connectivity index (χ4v) is 5.13. The number of amides is 1. The number of anilines is 1. The predicted octanol–water partition coefficient (Wildman–Crippen LogP) is 4.49. The van der Waals surface area contributed by atoms with Gasteiger partial charge in [-0.05, 0) is 42.5 Å². The number of carbonyl (C=O) groups is 1. The van der Waals surface area contributed by atoms with Crippen LogP contribution in [0.2, 0.25) is 0 Å². The van der Waals surface area contributed by atoms with Gasteiger partial charge in [0.2, 0.25) is 6.41 Å². The minimum absolute atomic E-state index is 0.429. The Hall–Kier alpha value is -3.09. The maximum absolute atomic E-state index is 11.6. The van der Waals surface area contributed by atoms with Gasteiger partial charge in [0.05, 0.1) is 12.7 Å². The number of unbranched alkanes of at least 4 members (excludes halogenated alkanes) is 1. The zero-order valence-corrected chi connectivity index (χ0v) is 20.8. The number of aromatic nitrogens is 2. The highest BCUT2D eigenvalue weighted by Crippen LogP contribution is 2.34. The van der Waals surface area contributed by atoms with Crippen molar-refractivity contribution in [3.63, 3.8) is 0 Å². The van der Waals surface area contributed by atoms with Gasteiger partial charge >= 0.3 is 0 Å². The van der Waals surface area contributed by atoms with Crippen LogP contribution in [0.3, 0.4) is 0 Å². The zero-order valence-electron chi connectivity index (χ0n) is 20.8. The molecule has 2 aliphatic rings. The number of fused-ring (bicyclic) bond motifs is 1. The van der Waals surface area contributed by atoms with Crippen molar-refractivity contribution in [3.8, 4) is 11.1 Å². The molecule has 0 saturated heterocycles. The van der Waals surface area contributed by atoms with E-state index >= 15 is 0 Å². The van der Waals surface area contributed by atoms with Crippen molar-refractivity contribution >= 4 is 17.9 Å². The molecule has 0 aliphatic carbocycles. The summed E-state index contributed by atoms with van der Waals surface area (Å²) in [7, 11) is 1.93. The van der Waals surface area contributed by atoms with E-state index in [1.165, 1.54) is 18.4 Å². The first-order valence-corrected chi connectivity index (χ1v) is 12.7. The lowest BCUT2D eigenvalue weighted by Gasteiger charge is -2.34. The molecule has 7 heteroatoms. The molecule has 0 saturated carbocycles. The molecule has 0 fully saturated rings. The highest BCUT2D eigenvalue weighted by atomic mass is 16.1. The van der Waals surface area contributed by atoms with Gasteiger partial charge in [0.1, 0.15) is 5.84 Å². The maximum atomic E-state index is 11.6. The summed E-state index contributed by atoms with van der Waals surface area (Å²) >= 11 is 0. The molecule has 2 N–H and O–H groups in total. The van der Waals surface area contributed by atoms with Crippen LogP contribution >= 0.6 is 0 Å². The van der Waals surface area contributed by atoms with Crippen molar-refractivity contribution < 1.29 is 4.79 Å². The second-order valence-corrected chi connectivity index (χ2v) is 9.55. The lowest BCUT2D eigenvalue weighted by Crippen LogP contribution is -2.43. The third-order valence-corrected chi connectivity index (χ3v) is 7.01. The summed E-state index contributed by atoms with van der Waals surface area (Å²) in [5.41, 5.74) is 6.74. The first-order chi connectivity index (χ1) is 16.5. The standard InChI is InChI=1S/C27H38N6O/c1-4-6-8-23(7-5-2)30-25-12-13-32(19-34)18-24(25)27(28)33-14-11-21-15-20(9-10-26(21)33)22-16-29-31(3)17-22/h9-10,15-17,19,23,28,30H,4-8,11-14,18H2,1-3H3. The number of hydrogen-bond donors (Lipinski definition) is 2. The number of amidine groups is 1. The van der Waals surface area contributed by atoms with Crippen LogP contribution in [0.4, 0.5) is 5.69 Å². The molecule has 7 nitrogen and oxygen atoms in total. The fourth-order valence-electron chi connectivity index (χ4n) is 5.13. The monoisotopic (exact) mass is 462 g/mol. The van der Waals surface area contributed by atoms with Gasteiger partial charge in [-0.3, -0.25) is 14.9 Å². The van der Waals surface area contributed by atoms with Gasteiger partial charge in [-0.2, -0.15) is 5.10 Å². The van der Waals surface area contributed by atoms with Crippen molar-refractivity contribution in [1.29, 1.82) is 5.41 Å². The van der Waals surface area contributed by atoms with E-state index in [9.17, 15) is 10.2 Å². The van der Waals surface area contributed by atoms with Crippen molar-refractivity contribution in [2.75, 3.05) is 24.5 Å². The quantitative estimate of drug-likeness (QED) is 0.310. The van der Waals surface area contributed by atoms with E-state index < -0.39 is 0 Å². The lowest BCUT2D eigenvalue weighted by molar-refractivity contribution is -0.117. The van der Waals surface area contributed by atoms with E-state index in [0.717, 1.165) is 73.1 Å². The van der Waals surface area contributed by atoms with E-state index in [1.807, 2.05) is 24.1 Å². The molecule has 2 aliphatic heterocycles. The third-order valence-electron chi connectivity index (χ3n) is 7.01. The smallest absolute Gasteiger partial charge is 0.210 e. The summed E-state index contributed by atoms with van der Waals surface area (Å²) in [6, 6.07) is 6.91. The average molecular weight is 463 g/mol. The Morgan fingerprint density at radius 1 is 1.18 bits per heavy atom. The number of hydrogen-bond acceptors (Lipinski definition) is 4. The topological polar surface area (TPSA) is 77.2 Å². The van der Waals surface area contributed by atoms with E-state index in [-0.39, 0.29) is 0 Å². The average Bonchev–Trinajstić information content (AvgIpc) is 3.48. The molecular weight excluding hydrogens is 424 g/mol. The molecule has 182 valence electrons. The fraction of sp³-hybridized carbons (Fsp3) is 0.519. The summed E-state index contributed by atoms with van der Waals surface area (Å²) < 4.78 is 1.82. The first kappa shape index (κ1) is 24.0. The Balaban J connectivity index is 1.59. The van der Waals surface area contributed by atoms with Crippen molar-refractivity contribution in [2.24, 2.45) is 7.05 Å². The van der Waals surface area contributed by atoms with E-state index in [2.05, 4.69) is 47.4 Å². The van der Waals surface area contributed by atoms with Gasteiger partial charge in [0.25, 0.3) is 0 Å². The molecule has 1 unspecified atom stereocenters. The number of nitrogens with zero attached hydrogens (tertiary/aromatic N) is 4. The lowest BCUT2D eigenvalue weighted by atomic mass is 10.00. The first-order valence-electron chi connectivity index (χ1n) is 12.7. The van der Waals surface area contributed by atoms with Crippen LogP contribution in [0.15, 0.2) is 41.9 Å². The summed E-state index contributed by atoms with van der Waals surface area (Å²) in [5.74, 6) is 0.521. The van der Waals surface area contributed by atoms with Crippen LogP contribution in [0.1, 0.15) is 57.9 Å². The minimum Gasteiger partial charge on any atom is -0.385 e. The molecule has 3 heterocycles. The number of aryl methyl sites for hydroxylation is 1. The Morgan fingerprint density at radius 3 is 2.74 bits per heavy atom. The molecule has 0 radical (unpaired) electrons. The Labute approximate surface area is 203 Å². The predicted molar refractivity (Wildman–Crippen MR) is 138 cm³/mol. The van der Waals surface area contributed by atoms with Crippen LogP contribution in [0, 0.1) is 5.41 Å². The summed E-state index contributed by atoms with van der Waals surface area (Å²) in [4.78, 5) is 15.5. The van der Waals surface area contributed by atoms with Gasteiger partial charge in [0.15, 0.2) is 0 Å². The van der Waals surface area contributed by atoms with Crippen LogP contribution in [-0.2, 0) is 18.3 Å². The van der Waals surface area contributed by atoms with Crippen LogP contribution in [0.5, 0.6) is 0 Å². The SMILES string of the molecule is CCCCC(CCC)NC1=C(C(=N)N2CCc3cc(-c4cnn(C)c4)ccc32)CN(C=O)CC1. The molecular formula is C27H38N6O. The number of nitrogens with one attached hydrogen (secondary N) is 2. The minimum atomic E-state index is 0.429. The molecule has 2 aromatic rings. The zero-order chi connectivity index (χ0) is 24.1. The number of carbonyl (C=O) groups excluding carboxylic acids is 1. The van der Waals surface area contributed by atoms with E-state index in [0.29, 0.717) is 25.0 Å². The highest BCUT2D eigenvalue weighted by Gasteiger charge is 2.29. The highest BCUT2D eigenvalue weighted by molar-refractivity contribution is 6.09. The van der Waals surface area contributed by atoms with Crippen molar-refractivity contribution in [2.45, 2.75) is 64.8 Å². The van der Waals surface area contributed by atoms with Crippen molar-refractivity contribution in [3.05, 3.63) is 47.4 Å². The van der Waals surface area contributed by atoms with Gasteiger partial charge in [-0.1, -0.05) is 39.2 Å². The molecule has 0 bridgehead atoms. The molecule has 1 atom stereocenters. The van der Waals surface area contributed by atoms with Gasteiger partial charge < -0.3 is 15.1 Å². The summed E-state index contributed by atoms with van der Waals surface area (Å²) in [6.45, 7) is 6.46. The largest absolute Gasteiger partial charge is 0.385 e. The third kappa shape index (κ3) is 5.18. The second kappa shape index (κ2) is 10.9. The summed E-state index contributed by atoms with van der Waals surface area (Å²) in [5, 5.41) is 17.3. The van der Waals surface area contributed by atoms with E-state index in [4.69, 9.17) is 0 Å². The summed E-state index contributed by atoms with van der Waals surface area (Å²) in [6.07, 6.45) is 12.3. The van der Waals surface area contributed by atoms with Gasteiger partial charge in [-0.15, -0.1) is 0 Å². The molecule has 1 aromatic carbocycles. The van der Waals surface area contributed by atoms with Gasteiger partial charge in [0, 0.05) is 61.3 Å². The number of rotatable bonds is 10. The maximum Gasteiger partial charge on any atom is 0.210 e. The van der Waals surface area contributed by atoms with Crippen LogP contribution in [0.25, 0.3) is 11.1 Å². The van der Waals surface area contributed by atoms with Crippen LogP contribution in [-0.4, -0.2) is 52.6 Å². The number of benzene rings is 1. The normalized spacial score (nSPS) is 16.6. The molecule has 34 heavy (non-hydrogen) atoms. The molecule has 1 amide bonds. The van der Waals surface area contributed by atoms with Gasteiger partial charge in [-0.25, -0.2) is 0 Å². The Morgan fingerprint density at radius 2 is 2.03 bits per heavy atom. The van der Waals surface area contributed by atoms with Crippen molar-refractivity contribution in [1.82, 2.24) is 20.0 Å². The Kier molecular flexibility index (Phi) is 7.70.